The van der Waals surface area contributed by atoms with E-state index < -0.39 is 15.8 Å². The second-order valence-electron chi connectivity index (χ2n) is 3.88. The van der Waals surface area contributed by atoms with Crippen LogP contribution in [0.15, 0.2) is 46.2 Å². The van der Waals surface area contributed by atoms with E-state index in [1.165, 1.54) is 11.0 Å². The van der Waals surface area contributed by atoms with E-state index in [2.05, 4.69) is 11.0 Å². The van der Waals surface area contributed by atoms with E-state index >= 15 is 0 Å². The predicted molar refractivity (Wildman–Crippen MR) is 75.4 cm³/mol. The van der Waals surface area contributed by atoms with Crippen LogP contribution < -0.4 is 0 Å². The van der Waals surface area contributed by atoms with Gasteiger partial charge in [0, 0.05) is 6.54 Å². The second kappa shape index (κ2) is 5.76. The molecule has 8 heteroatoms. The number of benzene rings is 1. The predicted octanol–water partition coefficient (Wildman–Crippen LogP) is 1.63. The molecule has 0 aliphatic carbocycles. The summed E-state index contributed by atoms with van der Waals surface area (Å²) >= 11 is 1.05. The Morgan fingerprint density at radius 1 is 1.40 bits per heavy atom. The highest BCUT2D eigenvalue weighted by Crippen LogP contribution is 2.22. The fourth-order valence-corrected chi connectivity index (χ4v) is 3.67. The lowest BCUT2D eigenvalue weighted by atomic mass is 10.4. The second-order valence-corrected chi connectivity index (χ2v) is 6.43. The van der Waals surface area contributed by atoms with Gasteiger partial charge in [-0.3, -0.25) is 9.69 Å². The highest BCUT2D eigenvalue weighted by Gasteiger charge is 2.29. The van der Waals surface area contributed by atoms with Crippen LogP contribution in [0.3, 0.4) is 0 Å². The van der Waals surface area contributed by atoms with E-state index in [0.717, 1.165) is 36.0 Å². The molecule has 0 unspecified atom stereocenters. The monoisotopic (exact) mass is 314 g/mol. The molecule has 1 heterocycles. The first kappa shape index (κ1) is 14.7. The fourth-order valence-electron chi connectivity index (χ4n) is 1.54. The van der Waals surface area contributed by atoms with Crippen LogP contribution in [-0.2, 0) is 14.8 Å². The van der Waals surface area contributed by atoms with Gasteiger partial charge >= 0.3 is 0 Å². The van der Waals surface area contributed by atoms with Crippen LogP contribution >= 0.6 is 11.8 Å². The molecule has 1 aromatic carbocycles. The van der Waals surface area contributed by atoms with Crippen molar-refractivity contribution in [1.29, 1.82) is 0 Å². The van der Waals surface area contributed by atoms with Crippen LogP contribution in [0.25, 0.3) is 0 Å². The molecule has 0 spiro atoms. The summed E-state index contributed by atoms with van der Waals surface area (Å²) in [5.74, 6) is -0.607. The standard InChI is InChI=1S/C12H11FN2O3S2/c1-2-7-15-11(16)8-19-12(15)14-20(17,18)10-5-3-9(13)4-6-10/h2-6H,1,7-8H2/b14-12+. The number of amides is 1. The Labute approximate surface area is 120 Å². The minimum Gasteiger partial charge on any atom is -0.286 e. The molecule has 1 aliphatic heterocycles. The molecule has 1 aliphatic rings. The number of rotatable bonds is 4. The molecule has 0 N–H and O–H groups in total. The number of halogens is 1. The molecule has 1 amide bonds. The number of hydrogen-bond donors (Lipinski definition) is 0. The third-order valence-corrected chi connectivity index (χ3v) is 4.84. The van der Waals surface area contributed by atoms with E-state index in [4.69, 9.17) is 0 Å². The molecule has 1 saturated heterocycles. The van der Waals surface area contributed by atoms with Crippen LogP contribution in [0.1, 0.15) is 0 Å². The van der Waals surface area contributed by atoms with Gasteiger partial charge < -0.3 is 0 Å². The molecule has 5 nitrogen and oxygen atoms in total. The number of hydrogen-bond acceptors (Lipinski definition) is 4. The van der Waals surface area contributed by atoms with Crippen molar-refractivity contribution in [2.75, 3.05) is 12.3 Å². The number of amidine groups is 1. The van der Waals surface area contributed by atoms with Crippen molar-refractivity contribution < 1.29 is 17.6 Å². The molecule has 0 aromatic heterocycles. The van der Waals surface area contributed by atoms with Crippen LogP contribution in [0.5, 0.6) is 0 Å². The molecule has 106 valence electrons. The summed E-state index contributed by atoms with van der Waals surface area (Å²) in [5, 5.41) is 0.110. The number of thioether (sulfide) groups is 1. The zero-order valence-corrected chi connectivity index (χ0v) is 12.0. The maximum absolute atomic E-state index is 12.8. The number of sulfonamides is 1. The summed E-state index contributed by atoms with van der Waals surface area (Å²) in [6.45, 7) is 3.71. The number of nitrogens with zero attached hydrogens (tertiary/aromatic N) is 2. The van der Waals surface area contributed by atoms with Crippen molar-refractivity contribution >= 4 is 32.9 Å². The van der Waals surface area contributed by atoms with E-state index in [1.807, 2.05) is 0 Å². The van der Waals surface area contributed by atoms with Gasteiger partial charge in [-0.05, 0) is 24.3 Å². The maximum atomic E-state index is 12.8. The summed E-state index contributed by atoms with van der Waals surface area (Å²) in [5.41, 5.74) is 0. The van der Waals surface area contributed by atoms with E-state index in [9.17, 15) is 17.6 Å². The average Bonchev–Trinajstić information content (AvgIpc) is 2.72. The zero-order chi connectivity index (χ0) is 14.8. The van der Waals surface area contributed by atoms with Crippen molar-refractivity contribution in [3.05, 3.63) is 42.7 Å². The summed E-state index contributed by atoms with van der Waals surface area (Å²) in [7, 11) is -3.96. The Morgan fingerprint density at radius 2 is 2.05 bits per heavy atom. The Kier molecular flexibility index (Phi) is 4.24. The molecule has 0 saturated carbocycles. The lowest BCUT2D eigenvalue weighted by Crippen LogP contribution is -2.30. The Hall–Kier alpha value is -1.67. The summed E-state index contributed by atoms with van der Waals surface area (Å²) in [4.78, 5) is 12.7. The third-order valence-electron chi connectivity index (χ3n) is 2.48. The summed E-state index contributed by atoms with van der Waals surface area (Å²) in [6, 6.07) is 4.35. The first-order valence-electron chi connectivity index (χ1n) is 5.58. The number of carbonyl (C=O) groups is 1. The van der Waals surface area contributed by atoms with Crippen LogP contribution in [0, 0.1) is 5.82 Å². The van der Waals surface area contributed by atoms with Gasteiger partial charge in [0.15, 0.2) is 5.17 Å². The van der Waals surface area contributed by atoms with Crippen molar-refractivity contribution in [3.8, 4) is 0 Å². The van der Waals surface area contributed by atoms with Crippen LogP contribution in [0.4, 0.5) is 4.39 Å². The molecular formula is C12H11FN2O3S2. The maximum Gasteiger partial charge on any atom is 0.284 e. The molecule has 20 heavy (non-hydrogen) atoms. The van der Waals surface area contributed by atoms with Crippen molar-refractivity contribution in [1.82, 2.24) is 4.90 Å². The quantitative estimate of drug-likeness (QED) is 0.792. The minimum atomic E-state index is -3.96. The van der Waals surface area contributed by atoms with Crippen LogP contribution in [0.2, 0.25) is 0 Å². The lowest BCUT2D eigenvalue weighted by Gasteiger charge is -2.12. The Bertz CT molecular complexity index is 668. The molecule has 0 radical (unpaired) electrons. The third kappa shape index (κ3) is 3.07. The highest BCUT2D eigenvalue weighted by molar-refractivity contribution is 8.15. The first-order chi connectivity index (χ1) is 9.44. The van der Waals surface area contributed by atoms with Gasteiger partial charge in [-0.1, -0.05) is 17.8 Å². The Balaban J connectivity index is 2.35. The average molecular weight is 314 g/mol. The molecular weight excluding hydrogens is 303 g/mol. The smallest absolute Gasteiger partial charge is 0.284 e. The highest BCUT2D eigenvalue weighted by atomic mass is 32.2. The SMILES string of the molecule is C=CCN1C(=O)CS/C1=N/S(=O)(=O)c1ccc(F)cc1. The molecule has 0 atom stereocenters. The summed E-state index contributed by atoms with van der Waals surface area (Å²) in [6.07, 6.45) is 1.49. The first-order valence-corrected chi connectivity index (χ1v) is 8.01. The van der Waals surface area contributed by atoms with Crippen molar-refractivity contribution in [2.24, 2.45) is 4.40 Å². The molecule has 1 aromatic rings. The van der Waals surface area contributed by atoms with E-state index in [-0.39, 0.29) is 28.3 Å². The molecule has 2 rings (SSSR count). The van der Waals surface area contributed by atoms with Gasteiger partial charge in [0.2, 0.25) is 5.91 Å². The van der Waals surface area contributed by atoms with Gasteiger partial charge in [-0.2, -0.15) is 8.42 Å². The van der Waals surface area contributed by atoms with Gasteiger partial charge in [-0.15, -0.1) is 11.0 Å². The van der Waals surface area contributed by atoms with Gasteiger partial charge in [-0.25, -0.2) is 4.39 Å². The van der Waals surface area contributed by atoms with E-state index in [0.29, 0.717) is 0 Å². The summed E-state index contributed by atoms with van der Waals surface area (Å²) < 4.78 is 40.6. The van der Waals surface area contributed by atoms with Crippen molar-refractivity contribution in [2.45, 2.75) is 4.90 Å². The van der Waals surface area contributed by atoms with Gasteiger partial charge in [0.1, 0.15) is 5.82 Å². The largest absolute Gasteiger partial charge is 0.286 e. The Morgan fingerprint density at radius 3 is 2.65 bits per heavy atom. The zero-order valence-electron chi connectivity index (χ0n) is 10.3. The van der Waals surface area contributed by atoms with Gasteiger partial charge in [0.05, 0.1) is 10.6 Å². The van der Waals surface area contributed by atoms with E-state index in [1.54, 1.807) is 0 Å². The van der Waals surface area contributed by atoms with Crippen LogP contribution in [-0.4, -0.2) is 36.7 Å². The number of carbonyl (C=O) groups excluding carboxylic acids is 1. The van der Waals surface area contributed by atoms with Gasteiger partial charge in [0.25, 0.3) is 10.0 Å². The fraction of sp³-hybridized carbons (Fsp3) is 0.167. The molecule has 0 bridgehead atoms. The topological polar surface area (TPSA) is 66.8 Å². The normalized spacial score (nSPS) is 17.8. The minimum absolute atomic E-state index is 0.110. The molecule has 1 fully saturated rings. The lowest BCUT2D eigenvalue weighted by molar-refractivity contribution is -0.123. The van der Waals surface area contributed by atoms with Crippen molar-refractivity contribution in [3.63, 3.8) is 0 Å².